The van der Waals surface area contributed by atoms with Gasteiger partial charge in [0.1, 0.15) is 5.69 Å². The predicted octanol–water partition coefficient (Wildman–Crippen LogP) is 3.10. The number of rotatable bonds is 2. The standard InChI is InChI=1S/C18H16FN4O/c19-17-8-2-6-15(21-17)5-1-4-14-9-12-23(13-10-14)18-16(22-24)7-3-11-20-18/h2-4,6-8,11,22H,9-10,12-13H2/q-1. The van der Waals surface area contributed by atoms with Crippen molar-refractivity contribution in [2.45, 2.75) is 12.8 Å². The predicted molar refractivity (Wildman–Crippen MR) is 91.8 cm³/mol. The fourth-order valence-corrected chi connectivity index (χ4v) is 2.57. The summed E-state index contributed by atoms with van der Waals surface area (Å²) < 4.78 is 13.0. The number of pyridine rings is 2. The number of anilines is 2. The van der Waals surface area contributed by atoms with Crippen molar-refractivity contribution in [1.29, 1.82) is 0 Å². The molecule has 1 fully saturated rings. The summed E-state index contributed by atoms with van der Waals surface area (Å²) in [7, 11) is 0. The van der Waals surface area contributed by atoms with Crippen molar-refractivity contribution < 1.29 is 4.39 Å². The fourth-order valence-electron chi connectivity index (χ4n) is 2.57. The van der Waals surface area contributed by atoms with Crippen LogP contribution in [0.5, 0.6) is 0 Å². The average molecular weight is 323 g/mol. The van der Waals surface area contributed by atoms with Gasteiger partial charge in [0.05, 0.1) is 5.69 Å². The molecular weight excluding hydrogens is 307 g/mol. The van der Waals surface area contributed by atoms with Crippen LogP contribution in [0.3, 0.4) is 0 Å². The normalized spacial score (nSPS) is 13.9. The molecular formula is C18H16FN4O-. The molecule has 2 aromatic heterocycles. The summed E-state index contributed by atoms with van der Waals surface area (Å²) >= 11 is 0. The first kappa shape index (κ1) is 16.0. The minimum atomic E-state index is -0.527. The monoisotopic (exact) mass is 323 g/mol. The Labute approximate surface area is 139 Å². The molecule has 2 aromatic rings. The first-order valence-electron chi connectivity index (χ1n) is 7.66. The van der Waals surface area contributed by atoms with Crippen LogP contribution >= 0.6 is 0 Å². The highest BCUT2D eigenvalue weighted by molar-refractivity contribution is 5.66. The zero-order valence-electron chi connectivity index (χ0n) is 13.0. The topological polar surface area (TPSA) is 64.1 Å². The van der Waals surface area contributed by atoms with Crippen LogP contribution in [0.15, 0.2) is 48.2 Å². The van der Waals surface area contributed by atoms with E-state index in [1.807, 2.05) is 11.6 Å². The van der Waals surface area contributed by atoms with Gasteiger partial charge in [-0.2, -0.15) is 4.39 Å². The van der Waals surface area contributed by atoms with Gasteiger partial charge in [0.25, 0.3) is 0 Å². The van der Waals surface area contributed by atoms with Crippen molar-refractivity contribution in [2.24, 2.45) is 0 Å². The Morgan fingerprint density at radius 2 is 2.04 bits per heavy atom. The van der Waals surface area contributed by atoms with Crippen LogP contribution < -0.4 is 10.4 Å². The molecule has 3 heterocycles. The number of piperidine rings is 1. The summed E-state index contributed by atoms with van der Waals surface area (Å²) in [5, 5.41) is 11.0. The number of halogens is 1. The summed E-state index contributed by atoms with van der Waals surface area (Å²) in [6, 6.07) is 8.01. The van der Waals surface area contributed by atoms with Crippen LogP contribution in [-0.2, 0) is 0 Å². The van der Waals surface area contributed by atoms with Gasteiger partial charge >= 0.3 is 0 Å². The second kappa shape index (κ2) is 7.57. The van der Waals surface area contributed by atoms with Gasteiger partial charge in [-0.25, -0.2) is 9.97 Å². The number of aromatic nitrogens is 2. The highest BCUT2D eigenvalue weighted by Crippen LogP contribution is 2.26. The molecule has 24 heavy (non-hydrogen) atoms. The van der Waals surface area contributed by atoms with E-state index >= 15 is 0 Å². The van der Waals surface area contributed by atoms with Crippen LogP contribution in [0.25, 0.3) is 0 Å². The number of hydrogen-bond acceptors (Lipinski definition) is 5. The van der Waals surface area contributed by atoms with E-state index in [1.165, 1.54) is 11.6 Å². The van der Waals surface area contributed by atoms with E-state index in [9.17, 15) is 9.60 Å². The maximum absolute atomic E-state index is 13.0. The van der Waals surface area contributed by atoms with Gasteiger partial charge in [0.2, 0.25) is 5.95 Å². The summed E-state index contributed by atoms with van der Waals surface area (Å²) in [5.74, 6) is 5.93. The lowest BCUT2D eigenvalue weighted by molar-refractivity contribution is 0.582. The molecule has 0 aromatic carbocycles. The Kier molecular flexibility index (Phi) is 5.04. The van der Waals surface area contributed by atoms with Crippen LogP contribution in [0, 0.1) is 23.0 Å². The molecule has 0 radical (unpaired) electrons. The molecule has 0 saturated carbocycles. The van der Waals surface area contributed by atoms with Gasteiger partial charge in [-0.1, -0.05) is 17.6 Å². The van der Waals surface area contributed by atoms with E-state index in [4.69, 9.17) is 0 Å². The molecule has 3 rings (SSSR count). The molecule has 0 unspecified atom stereocenters. The van der Waals surface area contributed by atoms with Crippen LogP contribution in [0.1, 0.15) is 18.5 Å². The number of allylic oxidation sites excluding steroid dienone is 1. The number of hydrogen-bond donors (Lipinski definition) is 1. The summed E-state index contributed by atoms with van der Waals surface area (Å²) in [5.41, 5.74) is 4.07. The van der Waals surface area contributed by atoms with E-state index in [0.29, 0.717) is 17.2 Å². The van der Waals surface area contributed by atoms with E-state index in [1.54, 1.807) is 30.5 Å². The second-order valence-electron chi connectivity index (χ2n) is 5.38. The van der Waals surface area contributed by atoms with Gasteiger partial charge in [0.15, 0.2) is 5.82 Å². The molecule has 5 nitrogen and oxygen atoms in total. The van der Waals surface area contributed by atoms with Gasteiger partial charge in [-0.3, -0.25) is 0 Å². The molecule has 0 atom stereocenters. The largest absolute Gasteiger partial charge is 0.761 e. The van der Waals surface area contributed by atoms with E-state index in [2.05, 4.69) is 26.7 Å². The highest BCUT2D eigenvalue weighted by Gasteiger charge is 2.16. The summed E-state index contributed by atoms with van der Waals surface area (Å²) in [6.45, 7) is 1.55. The maximum Gasteiger partial charge on any atom is 0.214 e. The van der Waals surface area contributed by atoms with Crippen molar-refractivity contribution in [3.05, 3.63) is 65.0 Å². The van der Waals surface area contributed by atoms with Crippen molar-refractivity contribution in [3.8, 4) is 11.8 Å². The van der Waals surface area contributed by atoms with Crippen LogP contribution in [0.2, 0.25) is 0 Å². The van der Waals surface area contributed by atoms with E-state index < -0.39 is 5.95 Å². The molecule has 122 valence electrons. The Balaban J connectivity index is 1.63. The lowest BCUT2D eigenvalue weighted by Crippen LogP contribution is -2.31. The van der Waals surface area contributed by atoms with E-state index in [-0.39, 0.29) is 0 Å². The lowest BCUT2D eigenvalue weighted by Gasteiger charge is -2.31. The first-order chi connectivity index (χ1) is 11.8. The first-order valence-corrected chi connectivity index (χ1v) is 7.66. The third kappa shape index (κ3) is 3.89. The van der Waals surface area contributed by atoms with Crippen molar-refractivity contribution in [3.63, 3.8) is 0 Å². The van der Waals surface area contributed by atoms with Crippen LogP contribution in [0.4, 0.5) is 15.9 Å². The highest BCUT2D eigenvalue weighted by atomic mass is 19.1. The molecule has 1 N–H and O–H groups in total. The second-order valence-corrected chi connectivity index (χ2v) is 5.38. The summed E-state index contributed by atoms with van der Waals surface area (Å²) in [6.07, 6.45) is 5.24. The third-order valence-electron chi connectivity index (χ3n) is 3.79. The Hall–Kier alpha value is -2.91. The minimum Gasteiger partial charge on any atom is -0.761 e. The molecule has 6 heteroatoms. The zero-order valence-corrected chi connectivity index (χ0v) is 13.0. The third-order valence-corrected chi connectivity index (χ3v) is 3.79. The van der Waals surface area contributed by atoms with Gasteiger partial charge in [-0.05, 0) is 49.1 Å². The SMILES string of the molecule is [O-]Nc1cccnc1N1CCC(=CC#Cc2cccc(F)n2)CC1. The molecule has 1 aliphatic rings. The summed E-state index contributed by atoms with van der Waals surface area (Å²) in [4.78, 5) is 10.1. The quantitative estimate of drug-likeness (QED) is 0.523. The lowest BCUT2D eigenvalue weighted by atomic mass is 10.0. The smallest absolute Gasteiger partial charge is 0.214 e. The Morgan fingerprint density at radius 1 is 1.21 bits per heavy atom. The molecule has 0 amide bonds. The average Bonchev–Trinajstić information content (AvgIpc) is 2.62. The van der Waals surface area contributed by atoms with Gasteiger partial charge in [0, 0.05) is 19.3 Å². The van der Waals surface area contributed by atoms with Gasteiger partial charge < -0.3 is 15.6 Å². The molecule has 0 aliphatic carbocycles. The Bertz CT molecular complexity index is 800. The Morgan fingerprint density at radius 3 is 2.79 bits per heavy atom. The van der Waals surface area contributed by atoms with Gasteiger partial charge in [-0.15, -0.1) is 0 Å². The van der Waals surface area contributed by atoms with Crippen molar-refractivity contribution in [1.82, 2.24) is 9.97 Å². The molecule has 0 bridgehead atoms. The zero-order chi connectivity index (χ0) is 16.8. The molecule has 1 aliphatic heterocycles. The molecule has 0 spiro atoms. The van der Waals surface area contributed by atoms with Crippen molar-refractivity contribution in [2.75, 3.05) is 23.5 Å². The maximum atomic E-state index is 13.0. The fraction of sp³-hybridized carbons (Fsp3) is 0.222. The molecule has 1 saturated heterocycles. The minimum absolute atomic E-state index is 0.420. The van der Waals surface area contributed by atoms with Crippen molar-refractivity contribution >= 4 is 11.5 Å². The number of nitrogens with zero attached hydrogens (tertiary/aromatic N) is 3. The van der Waals surface area contributed by atoms with E-state index in [0.717, 1.165) is 25.9 Å². The van der Waals surface area contributed by atoms with Crippen LogP contribution in [-0.4, -0.2) is 23.1 Å². The number of nitrogens with one attached hydrogen (secondary N) is 1.